The Morgan fingerprint density at radius 2 is 0.271 bits per heavy atom. The van der Waals surface area contributed by atoms with E-state index in [1.807, 2.05) is 0 Å². The molecule has 23 aromatic carbocycles. The van der Waals surface area contributed by atoms with Crippen molar-refractivity contribution in [1.29, 1.82) is 0 Å². The molecule has 0 saturated carbocycles. The van der Waals surface area contributed by atoms with Crippen LogP contribution in [0.2, 0.25) is 0 Å². The average molecular weight is 1830 g/mol. The zero-order valence-electron chi connectivity index (χ0n) is 78.4. The second-order valence-corrected chi connectivity index (χ2v) is 37.8. The van der Waals surface area contributed by atoms with Crippen LogP contribution in [0.15, 0.2) is 534 Å². The molecule has 0 aliphatic heterocycles. The van der Waals surface area contributed by atoms with Gasteiger partial charge in [-0.15, -0.1) is 0 Å². The van der Waals surface area contributed by atoms with Gasteiger partial charge in [0.1, 0.15) is 0 Å². The van der Waals surface area contributed by atoms with E-state index in [1.165, 1.54) is 247 Å². The molecule has 672 valence electrons. The molecular formula is C136H88N8. The third-order valence-corrected chi connectivity index (χ3v) is 29.9. The maximum atomic E-state index is 2.42. The van der Waals surface area contributed by atoms with E-state index >= 15 is 0 Å². The van der Waals surface area contributed by atoms with Gasteiger partial charge in [-0.05, 0) is 250 Å². The van der Waals surface area contributed by atoms with E-state index in [0.29, 0.717) is 0 Å². The third-order valence-electron chi connectivity index (χ3n) is 29.9. The van der Waals surface area contributed by atoms with Gasteiger partial charge in [0.2, 0.25) is 0 Å². The van der Waals surface area contributed by atoms with Crippen molar-refractivity contribution >= 4 is 185 Å². The normalized spacial score (nSPS) is 11.9. The minimum Gasteiger partial charge on any atom is -0.309 e. The monoisotopic (exact) mass is 1830 g/mol. The molecule has 0 spiro atoms. The summed E-state index contributed by atoms with van der Waals surface area (Å²) in [4.78, 5) is 0. The van der Waals surface area contributed by atoms with Crippen LogP contribution in [0.5, 0.6) is 0 Å². The van der Waals surface area contributed by atoms with Crippen molar-refractivity contribution in [2.24, 2.45) is 0 Å². The molecule has 0 bridgehead atoms. The fourth-order valence-corrected chi connectivity index (χ4v) is 23.6. The van der Waals surface area contributed by atoms with Crippen molar-refractivity contribution in [3.63, 3.8) is 0 Å². The zero-order valence-corrected chi connectivity index (χ0v) is 78.4. The maximum Gasteiger partial charge on any atom is 0.0542 e. The van der Waals surface area contributed by atoms with Gasteiger partial charge in [-0.2, -0.15) is 0 Å². The lowest BCUT2D eigenvalue weighted by molar-refractivity contribution is 1.13. The molecule has 0 unspecified atom stereocenters. The van der Waals surface area contributed by atoms with Crippen LogP contribution >= 0.6 is 0 Å². The van der Waals surface area contributed by atoms with Crippen LogP contribution in [0.4, 0.5) is 0 Å². The quantitative estimate of drug-likeness (QED) is 0.124. The lowest BCUT2D eigenvalue weighted by Crippen LogP contribution is -1.99. The Bertz CT molecular complexity index is 10500. The number of nitrogens with zero attached hydrogens (tertiary/aromatic N) is 8. The van der Waals surface area contributed by atoms with Crippen LogP contribution in [0.25, 0.3) is 264 Å². The number of hydrogen-bond acceptors (Lipinski definition) is 0. The molecule has 0 aliphatic rings. The first-order chi connectivity index (χ1) is 71.5. The van der Waals surface area contributed by atoms with Crippen molar-refractivity contribution in [2.75, 3.05) is 0 Å². The number of aromatic nitrogens is 8. The summed E-state index contributed by atoms with van der Waals surface area (Å²) in [5.74, 6) is 0. The molecule has 0 amide bonds. The Kier molecular flexibility index (Phi) is 18.9. The van der Waals surface area contributed by atoms with Crippen LogP contribution < -0.4 is 0 Å². The third kappa shape index (κ3) is 13.1. The molecule has 8 heterocycles. The van der Waals surface area contributed by atoms with Gasteiger partial charge < -0.3 is 36.5 Å². The molecule has 144 heavy (non-hydrogen) atoms. The van der Waals surface area contributed by atoms with E-state index in [2.05, 4.69) is 570 Å². The molecule has 8 heteroatoms. The topological polar surface area (TPSA) is 39.4 Å². The highest BCUT2D eigenvalue weighted by Gasteiger charge is 2.25. The molecule has 8 nitrogen and oxygen atoms in total. The highest BCUT2D eigenvalue weighted by Crippen LogP contribution is 2.46. The summed E-state index contributed by atoms with van der Waals surface area (Å²) in [5.41, 5.74) is 35.9. The fraction of sp³-hybridized carbons (Fsp3) is 0. The Morgan fingerprint density at radius 3 is 0.590 bits per heavy atom. The lowest BCUT2D eigenvalue weighted by atomic mass is 10.0. The van der Waals surface area contributed by atoms with Crippen molar-refractivity contribution in [2.45, 2.75) is 0 Å². The number of rotatable bonds is 11. The average Bonchev–Trinajstić information content (AvgIpc) is 1.58. The molecule has 31 aromatic rings. The van der Waals surface area contributed by atoms with Gasteiger partial charge in [0.15, 0.2) is 0 Å². The van der Waals surface area contributed by atoms with Gasteiger partial charge >= 0.3 is 0 Å². The van der Waals surface area contributed by atoms with Crippen LogP contribution in [0.1, 0.15) is 0 Å². The summed E-state index contributed by atoms with van der Waals surface area (Å²) in [6.45, 7) is 0. The van der Waals surface area contributed by atoms with E-state index in [4.69, 9.17) is 0 Å². The predicted molar refractivity (Wildman–Crippen MR) is 608 cm³/mol. The summed E-state index contributed by atoms with van der Waals surface area (Å²) in [6, 6.07) is 194. The van der Waals surface area contributed by atoms with E-state index < -0.39 is 0 Å². The summed E-state index contributed by atoms with van der Waals surface area (Å²) in [7, 11) is 0. The van der Waals surface area contributed by atoms with Crippen LogP contribution in [-0.2, 0) is 0 Å². The van der Waals surface area contributed by atoms with Gasteiger partial charge in [0.25, 0.3) is 0 Å². The predicted octanol–water partition coefficient (Wildman–Crippen LogP) is 36.0. The van der Waals surface area contributed by atoms with E-state index in [0.717, 1.165) is 17.1 Å². The Balaban J connectivity index is 0.000000103. The van der Waals surface area contributed by atoms with Crippen molar-refractivity contribution in [3.8, 4) is 78.9 Å². The fourth-order valence-electron chi connectivity index (χ4n) is 23.6. The highest BCUT2D eigenvalue weighted by atomic mass is 15.0. The molecule has 0 aliphatic carbocycles. The Morgan fingerprint density at radius 1 is 0.0833 bits per heavy atom. The van der Waals surface area contributed by atoms with Gasteiger partial charge in [-0.1, -0.05) is 328 Å². The summed E-state index contributed by atoms with van der Waals surface area (Å²) < 4.78 is 19.2. The zero-order chi connectivity index (χ0) is 94.6. The number of para-hydroxylation sites is 12. The van der Waals surface area contributed by atoms with E-state index in [-0.39, 0.29) is 0 Å². The van der Waals surface area contributed by atoms with Gasteiger partial charge in [-0.25, -0.2) is 0 Å². The van der Waals surface area contributed by atoms with Gasteiger partial charge in [-0.3, -0.25) is 0 Å². The molecule has 31 rings (SSSR count). The van der Waals surface area contributed by atoms with Crippen molar-refractivity contribution in [3.05, 3.63) is 534 Å². The van der Waals surface area contributed by atoms with Gasteiger partial charge in [0.05, 0.1) is 88.3 Å². The Hall–Kier alpha value is -19.3. The molecule has 0 N–H and O–H groups in total. The largest absolute Gasteiger partial charge is 0.309 e. The second-order valence-electron chi connectivity index (χ2n) is 37.8. The standard InChI is InChI=1S/C48H31N3.C46H30N2.C42H27N3/c1-2-14-34(15-3-1)49-45-23-10-6-19-39(45)41-30-33(25-27-47(41)49)32-13-12-16-35(29-32)50-46-24-11-7-20-40(46)42-31-36(26-28-48(42)50)51-43-21-8-4-17-37(43)38-18-5-9-22-44(38)51;1-2-11-31(12-3-1)34-15-10-16-37(27-34)47-43-19-8-6-17-39(43)41-29-35(22-25-45(41)47)36-23-26-46-42(30-36)40-18-7-9-20-44(40)48(46)38-24-21-32-13-4-5-14-33(32)28-38;1-6-19-37-31(14-1)32-15-2-7-20-38(32)43(37)28-12-11-13-29(26-28)44-41-23-10-5-18-35(41)36-27-30(24-25-42(36)44)45-39-21-8-3-16-33(39)34-17-4-9-22-40(34)45/h1-31H;1-30H;1-27H. The van der Waals surface area contributed by atoms with Crippen LogP contribution in [0.3, 0.4) is 0 Å². The minimum absolute atomic E-state index is 1.14. The SMILES string of the molecule is c1cc(-n2c3ccccc3c3ccccc32)cc(-n2c3ccccc3c3cc(-n4c5ccccc5c5ccccc54)ccc32)c1.c1ccc(-c2cccc(-n3c4ccccc4c4cc(-c5ccc6c(c5)c5ccccc5n6-c5ccc6ccccc6c5)ccc43)c2)cc1.c1ccc(-n2c3ccccc3c3cc(-c4cccc(-n5c6ccccc6c6cc(-n7c8ccccc8c8ccccc87)ccc65)c4)ccc32)cc1. The first kappa shape index (κ1) is 81.9. The molecule has 8 aromatic heterocycles. The first-order valence-corrected chi connectivity index (χ1v) is 49.5. The molecule has 0 radical (unpaired) electrons. The minimum atomic E-state index is 1.14. The summed E-state index contributed by atoms with van der Waals surface area (Å²) in [5, 5.41) is 22.7. The van der Waals surface area contributed by atoms with Gasteiger partial charge in [0, 0.05) is 132 Å². The second kappa shape index (κ2) is 33.3. The first-order valence-electron chi connectivity index (χ1n) is 49.5. The summed E-state index contributed by atoms with van der Waals surface area (Å²) in [6.07, 6.45) is 0. The Labute approximate surface area is 828 Å². The molecular weight excluding hydrogens is 1750 g/mol. The van der Waals surface area contributed by atoms with Crippen molar-refractivity contribution < 1.29 is 0 Å². The van der Waals surface area contributed by atoms with Crippen LogP contribution in [0, 0.1) is 0 Å². The molecule has 0 saturated heterocycles. The molecule has 0 fully saturated rings. The molecule has 0 atom stereocenters. The van der Waals surface area contributed by atoms with Crippen molar-refractivity contribution in [1.82, 2.24) is 36.5 Å². The number of hydrogen-bond donors (Lipinski definition) is 0. The maximum absolute atomic E-state index is 2.42. The van der Waals surface area contributed by atoms with E-state index in [1.54, 1.807) is 0 Å². The number of benzene rings is 23. The summed E-state index contributed by atoms with van der Waals surface area (Å²) >= 11 is 0. The van der Waals surface area contributed by atoms with Crippen LogP contribution in [-0.4, -0.2) is 36.5 Å². The smallest absolute Gasteiger partial charge is 0.0542 e. The highest BCUT2D eigenvalue weighted by molar-refractivity contribution is 6.18. The lowest BCUT2D eigenvalue weighted by Gasteiger charge is -2.13. The number of fused-ring (bicyclic) bond motifs is 25. The van der Waals surface area contributed by atoms with E-state index in [9.17, 15) is 0 Å².